The van der Waals surface area contributed by atoms with E-state index in [1.807, 2.05) is 12.1 Å². The lowest BCUT2D eigenvalue weighted by Crippen LogP contribution is -1.91. The monoisotopic (exact) mass is 253 g/mol. The van der Waals surface area contributed by atoms with Crippen LogP contribution in [0.3, 0.4) is 0 Å². The Hall–Kier alpha value is -2.49. The molecule has 19 heavy (non-hydrogen) atoms. The summed E-state index contributed by atoms with van der Waals surface area (Å²) in [6, 6.07) is 12.0. The Labute approximate surface area is 111 Å². The first kappa shape index (κ1) is 11.6. The van der Waals surface area contributed by atoms with Gasteiger partial charge in [-0.3, -0.25) is 0 Å². The molecular weight excluding hydrogens is 238 g/mol. The van der Waals surface area contributed by atoms with Crippen molar-refractivity contribution in [3.8, 4) is 0 Å². The molecule has 3 rings (SSSR count). The summed E-state index contributed by atoms with van der Waals surface area (Å²) in [7, 11) is 0. The van der Waals surface area contributed by atoms with Crippen LogP contribution >= 0.6 is 0 Å². The van der Waals surface area contributed by atoms with E-state index in [0.717, 1.165) is 16.8 Å². The van der Waals surface area contributed by atoms with Crippen LogP contribution in [0.2, 0.25) is 0 Å². The second-order valence-corrected chi connectivity index (χ2v) is 4.67. The summed E-state index contributed by atoms with van der Waals surface area (Å²) in [5, 5.41) is 3.16. The van der Waals surface area contributed by atoms with Crippen molar-refractivity contribution in [1.29, 1.82) is 0 Å². The molecule has 0 saturated heterocycles. The minimum Gasteiger partial charge on any atom is -0.423 e. The summed E-state index contributed by atoms with van der Waals surface area (Å²) in [6.45, 7) is 4.16. The Balaban J connectivity index is 1.94. The van der Waals surface area contributed by atoms with Gasteiger partial charge in [0.1, 0.15) is 5.52 Å². The molecule has 1 aromatic heterocycles. The number of nitrogens with one attached hydrogen (secondary N) is 1. The third-order valence-electron chi connectivity index (χ3n) is 3.17. The summed E-state index contributed by atoms with van der Waals surface area (Å²) in [4.78, 5) is 4.36. The van der Waals surface area contributed by atoms with Crippen molar-refractivity contribution in [2.24, 2.45) is 0 Å². The molecule has 0 aliphatic carbocycles. The van der Waals surface area contributed by atoms with Crippen molar-refractivity contribution >= 4 is 28.5 Å². The molecule has 1 heterocycles. The molecule has 96 valence electrons. The average molecular weight is 253 g/mol. The van der Waals surface area contributed by atoms with Gasteiger partial charge in [0.25, 0.3) is 6.01 Å². The maximum absolute atomic E-state index is 5.72. The topological polar surface area (TPSA) is 64.1 Å². The number of benzene rings is 2. The van der Waals surface area contributed by atoms with Gasteiger partial charge in [0.2, 0.25) is 0 Å². The molecule has 3 N–H and O–H groups in total. The van der Waals surface area contributed by atoms with E-state index < -0.39 is 0 Å². The van der Waals surface area contributed by atoms with Crippen molar-refractivity contribution < 1.29 is 4.42 Å². The molecule has 0 bridgehead atoms. The third-order valence-corrected chi connectivity index (χ3v) is 3.17. The standard InChI is InChI=1S/C15H15N3O/c1-9-3-5-12(7-10(9)2)17-15-18-13-8-11(16)4-6-14(13)19-15/h3-8H,16H2,1-2H3,(H,17,18). The van der Waals surface area contributed by atoms with Crippen molar-refractivity contribution in [3.63, 3.8) is 0 Å². The fourth-order valence-electron chi connectivity index (χ4n) is 1.94. The zero-order valence-electron chi connectivity index (χ0n) is 10.9. The summed E-state index contributed by atoms with van der Waals surface area (Å²) >= 11 is 0. The molecule has 4 heteroatoms. The molecule has 0 saturated carbocycles. The van der Waals surface area contributed by atoms with Crippen LogP contribution in [0, 0.1) is 13.8 Å². The van der Waals surface area contributed by atoms with Gasteiger partial charge in [-0.25, -0.2) is 0 Å². The van der Waals surface area contributed by atoms with E-state index in [9.17, 15) is 0 Å². The first-order valence-corrected chi connectivity index (χ1v) is 6.12. The molecule has 0 unspecified atom stereocenters. The number of fused-ring (bicyclic) bond motifs is 1. The number of oxazole rings is 1. The first-order valence-electron chi connectivity index (χ1n) is 6.12. The smallest absolute Gasteiger partial charge is 0.300 e. The molecule has 2 aromatic carbocycles. The van der Waals surface area contributed by atoms with Crippen LogP contribution in [0.5, 0.6) is 0 Å². The average Bonchev–Trinajstić information content (AvgIpc) is 2.75. The molecule has 4 nitrogen and oxygen atoms in total. The second-order valence-electron chi connectivity index (χ2n) is 4.67. The minimum absolute atomic E-state index is 0.476. The molecule has 0 radical (unpaired) electrons. The van der Waals surface area contributed by atoms with E-state index in [4.69, 9.17) is 10.2 Å². The van der Waals surface area contributed by atoms with Crippen LogP contribution in [0.25, 0.3) is 11.1 Å². The van der Waals surface area contributed by atoms with Crippen molar-refractivity contribution in [3.05, 3.63) is 47.5 Å². The largest absolute Gasteiger partial charge is 0.423 e. The predicted octanol–water partition coefficient (Wildman–Crippen LogP) is 3.77. The van der Waals surface area contributed by atoms with E-state index in [2.05, 4.69) is 36.3 Å². The van der Waals surface area contributed by atoms with Crippen LogP contribution in [0.1, 0.15) is 11.1 Å². The molecule has 0 aliphatic heterocycles. The highest BCUT2D eigenvalue weighted by molar-refractivity contribution is 5.78. The number of anilines is 3. The molecule has 3 aromatic rings. The van der Waals surface area contributed by atoms with Crippen LogP contribution in [0.15, 0.2) is 40.8 Å². The van der Waals surface area contributed by atoms with Gasteiger partial charge in [0.05, 0.1) is 0 Å². The summed E-state index contributed by atoms with van der Waals surface area (Å²) in [6.07, 6.45) is 0. The van der Waals surface area contributed by atoms with Gasteiger partial charge in [-0.05, 0) is 55.3 Å². The Kier molecular flexibility index (Phi) is 2.63. The molecule has 0 aliphatic rings. The van der Waals surface area contributed by atoms with Gasteiger partial charge in [-0.2, -0.15) is 4.98 Å². The van der Waals surface area contributed by atoms with E-state index in [0.29, 0.717) is 11.7 Å². The highest BCUT2D eigenvalue weighted by Crippen LogP contribution is 2.24. The summed E-state index contributed by atoms with van der Waals surface area (Å²) in [5.74, 6) is 0. The van der Waals surface area contributed by atoms with Crippen LogP contribution in [0.4, 0.5) is 17.4 Å². The van der Waals surface area contributed by atoms with Gasteiger partial charge in [-0.1, -0.05) is 6.07 Å². The molecule has 0 amide bonds. The fraction of sp³-hybridized carbons (Fsp3) is 0.133. The second kappa shape index (κ2) is 4.31. The molecular formula is C15H15N3O. The molecule has 0 spiro atoms. The number of rotatable bonds is 2. The van der Waals surface area contributed by atoms with Crippen LogP contribution in [-0.2, 0) is 0 Å². The number of aryl methyl sites for hydroxylation is 2. The maximum Gasteiger partial charge on any atom is 0.300 e. The Morgan fingerprint density at radius 2 is 1.89 bits per heavy atom. The van der Waals surface area contributed by atoms with E-state index >= 15 is 0 Å². The van der Waals surface area contributed by atoms with Crippen molar-refractivity contribution in [1.82, 2.24) is 4.98 Å². The lowest BCUT2D eigenvalue weighted by atomic mass is 10.1. The number of hydrogen-bond donors (Lipinski definition) is 2. The van der Waals surface area contributed by atoms with Crippen LogP contribution in [-0.4, -0.2) is 4.98 Å². The SMILES string of the molecule is Cc1ccc(Nc2nc3cc(N)ccc3o2)cc1C. The molecule has 0 atom stereocenters. The normalized spacial score (nSPS) is 10.8. The maximum atomic E-state index is 5.72. The number of aromatic nitrogens is 1. The quantitative estimate of drug-likeness (QED) is 0.682. The number of nitrogen functional groups attached to an aromatic ring is 1. The Morgan fingerprint density at radius 1 is 1.05 bits per heavy atom. The van der Waals surface area contributed by atoms with E-state index in [-0.39, 0.29) is 0 Å². The fourth-order valence-corrected chi connectivity index (χ4v) is 1.94. The van der Waals surface area contributed by atoms with Crippen molar-refractivity contribution in [2.75, 3.05) is 11.1 Å². The van der Waals surface area contributed by atoms with Gasteiger partial charge >= 0.3 is 0 Å². The Morgan fingerprint density at radius 3 is 2.68 bits per heavy atom. The van der Waals surface area contributed by atoms with E-state index in [1.54, 1.807) is 12.1 Å². The number of hydrogen-bond acceptors (Lipinski definition) is 4. The lowest BCUT2D eigenvalue weighted by molar-refractivity contribution is 0.623. The summed E-state index contributed by atoms with van der Waals surface area (Å²) < 4.78 is 5.62. The lowest BCUT2D eigenvalue weighted by Gasteiger charge is -2.04. The van der Waals surface area contributed by atoms with Crippen LogP contribution < -0.4 is 11.1 Å². The zero-order valence-corrected chi connectivity index (χ0v) is 10.9. The summed E-state index contributed by atoms with van der Waals surface area (Å²) in [5.41, 5.74) is 11.3. The van der Waals surface area contributed by atoms with Crippen molar-refractivity contribution in [2.45, 2.75) is 13.8 Å². The molecule has 0 fully saturated rings. The Bertz CT molecular complexity index is 746. The minimum atomic E-state index is 0.476. The van der Waals surface area contributed by atoms with Gasteiger partial charge in [0.15, 0.2) is 5.58 Å². The highest BCUT2D eigenvalue weighted by Gasteiger charge is 2.06. The number of nitrogens with two attached hydrogens (primary N) is 1. The van der Waals surface area contributed by atoms with Gasteiger partial charge in [0, 0.05) is 11.4 Å². The van der Waals surface area contributed by atoms with Gasteiger partial charge < -0.3 is 15.5 Å². The van der Waals surface area contributed by atoms with Gasteiger partial charge in [-0.15, -0.1) is 0 Å². The zero-order chi connectivity index (χ0) is 13.4. The highest BCUT2D eigenvalue weighted by atomic mass is 16.4. The predicted molar refractivity (Wildman–Crippen MR) is 77.6 cm³/mol. The number of nitrogens with zero attached hydrogens (tertiary/aromatic N) is 1. The first-order chi connectivity index (χ1) is 9.11. The third kappa shape index (κ3) is 2.25. The van der Waals surface area contributed by atoms with E-state index in [1.165, 1.54) is 11.1 Å².